The molecule has 0 fully saturated rings. The van der Waals surface area contributed by atoms with E-state index in [1.165, 1.54) is 0 Å². The molecule has 5 nitrogen and oxygen atoms in total. The molecule has 0 aliphatic carbocycles. The van der Waals surface area contributed by atoms with Crippen LogP contribution in [-0.4, -0.2) is 50.2 Å². The summed E-state index contributed by atoms with van der Waals surface area (Å²) < 4.78 is 10.6. The van der Waals surface area contributed by atoms with Gasteiger partial charge in [-0.25, -0.2) is 0 Å². The van der Waals surface area contributed by atoms with E-state index >= 15 is 0 Å². The van der Waals surface area contributed by atoms with Gasteiger partial charge in [-0.2, -0.15) is 0 Å². The van der Waals surface area contributed by atoms with E-state index in [9.17, 15) is 9.59 Å². The summed E-state index contributed by atoms with van der Waals surface area (Å²) in [7, 11) is 3.80. The Kier molecular flexibility index (Phi) is 10.9. The molecule has 130 valence electrons. The third-order valence-electron chi connectivity index (χ3n) is 3.80. The number of carbonyl (C=O) groups excluding carboxylic acids is 2. The van der Waals surface area contributed by atoms with Crippen molar-refractivity contribution in [3.05, 3.63) is 0 Å². The summed E-state index contributed by atoms with van der Waals surface area (Å²) in [6, 6.07) is -0.205. The number of hydrogen-bond acceptors (Lipinski definition) is 5. The van der Waals surface area contributed by atoms with Crippen LogP contribution in [0.15, 0.2) is 0 Å². The van der Waals surface area contributed by atoms with E-state index in [1.807, 2.05) is 46.7 Å². The second-order valence-corrected chi connectivity index (χ2v) is 5.82. The molecule has 0 saturated heterocycles. The van der Waals surface area contributed by atoms with Crippen LogP contribution < -0.4 is 0 Å². The van der Waals surface area contributed by atoms with Crippen molar-refractivity contribution in [3.63, 3.8) is 0 Å². The van der Waals surface area contributed by atoms with Gasteiger partial charge in [0, 0.05) is 6.04 Å². The lowest BCUT2D eigenvalue weighted by atomic mass is 9.84. The first-order chi connectivity index (χ1) is 10.4. The SMILES string of the molecule is CCCOC(=O)C(CC)C(C(CC)C(=O)OCCC)N(C)C. The Morgan fingerprint density at radius 1 is 0.818 bits per heavy atom. The fourth-order valence-electron chi connectivity index (χ4n) is 2.71. The Balaban J connectivity index is 5.18. The molecule has 0 aromatic carbocycles. The third-order valence-corrected chi connectivity index (χ3v) is 3.80. The molecular formula is C17H33NO4. The number of rotatable bonds is 11. The van der Waals surface area contributed by atoms with Gasteiger partial charge in [-0.15, -0.1) is 0 Å². The third kappa shape index (κ3) is 6.34. The molecule has 0 aromatic heterocycles. The number of esters is 2. The van der Waals surface area contributed by atoms with Gasteiger partial charge < -0.3 is 14.4 Å². The van der Waals surface area contributed by atoms with E-state index in [0.717, 1.165) is 12.8 Å². The summed E-state index contributed by atoms with van der Waals surface area (Å²) in [4.78, 5) is 26.6. The minimum atomic E-state index is -0.319. The maximum atomic E-state index is 12.3. The molecular weight excluding hydrogens is 282 g/mol. The van der Waals surface area contributed by atoms with Crippen molar-refractivity contribution >= 4 is 11.9 Å². The summed E-state index contributed by atoms with van der Waals surface area (Å²) in [5, 5.41) is 0. The fraction of sp³-hybridized carbons (Fsp3) is 0.882. The Hall–Kier alpha value is -1.10. The first-order valence-corrected chi connectivity index (χ1v) is 8.44. The van der Waals surface area contributed by atoms with Gasteiger partial charge in [-0.1, -0.05) is 27.7 Å². The first-order valence-electron chi connectivity index (χ1n) is 8.44. The molecule has 0 N–H and O–H groups in total. The molecule has 5 heteroatoms. The summed E-state index contributed by atoms with van der Waals surface area (Å²) in [6.07, 6.45) is 2.88. The van der Waals surface area contributed by atoms with Gasteiger partial charge in [0.2, 0.25) is 0 Å². The molecule has 2 unspecified atom stereocenters. The van der Waals surface area contributed by atoms with E-state index < -0.39 is 0 Å². The van der Waals surface area contributed by atoms with E-state index in [1.54, 1.807) is 0 Å². The van der Waals surface area contributed by atoms with Crippen LogP contribution >= 0.6 is 0 Å². The summed E-state index contributed by atoms with van der Waals surface area (Å²) >= 11 is 0. The zero-order valence-corrected chi connectivity index (χ0v) is 15.1. The second kappa shape index (κ2) is 11.5. The molecule has 0 aromatic rings. The zero-order chi connectivity index (χ0) is 17.1. The van der Waals surface area contributed by atoms with Crippen LogP contribution in [0.1, 0.15) is 53.4 Å². The molecule has 0 amide bonds. The van der Waals surface area contributed by atoms with Crippen molar-refractivity contribution in [2.45, 2.75) is 59.4 Å². The van der Waals surface area contributed by atoms with Crippen molar-refractivity contribution in [2.75, 3.05) is 27.3 Å². The highest BCUT2D eigenvalue weighted by atomic mass is 16.5. The largest absolute Gasteiger partial charge is 0.465 e. The highest BCUT2D eigenvalue weighted by Crippen LogP contribution is 2.26. The first kappa shape index (κ1) is 20.9. The minimum Gasteiger partial charge on any atom is -0.465 e. The van der Waals surface area contributed by atoms with Crippen LogP contribution in [0.2, 0.25) is 0 Å². The van der Waals surface area contributed by atoms with Crippen molar-refractivity contribution in [2.24, 2.45) is 11.8 Å². The quantitative estimate of drug-likeness (QED) is 0.549. The molecule has 0 aliphatic heterocycles. The highest BCUT2D eigenvalue weighted by Gasteiger charge is 2.39. The van der Waals surface area contributed by atoms with Crippen molar-refractivity contribution in [3.8, 4) is 0 Å². The average Bonchev–Trinajstić information content (AvgIpc) is 2.50. The van der Waals surface area contributed by atoms with Crippen LogP contribution in [0.5, 0.6) is 0 Å². The molecule has 2 atom stereocenters. The van der Waals surface area contributed by atoms with Gasteiger partial charge in [-0.3, -0.25) is 9.59 Å². The van der Waals surface area contributed by atoms with Crippen LogP contribution in [-0.2, 0) is 19.1 Å². The molecule has 0 heterocycles. The Morgan fingerprint density at radius 3 is 1.41 bits per heavy atom. The molecule has 0 radical (unpaired) electrons. The maximum absolute atomic E-state index is 12.3. The van der Waals surface area contributed by atoms with E-state index in [2.05, 4.69) is 0 Å². The van der Waals surface area contributed by atoms with Crippen LogP contribution in [0.25, 0.3) is 0 Å². The standard InChI is InChI=1S/C17H33NO4/c1-7-11-21-16(19)13(9-3)15(18(5)6)14(10-4)17(20)22-12-8-2/h13-15H,7-12H2,1-6H3. The summed E-state index contributed by atoms with van der Waals surface area (Å²) in [5.41, 5.74) is 0. The maximum Gasteiger partial charge on any atom is 0.310 e. The second-order valence-electron chi connectivity index (χ2n) is 5.82. The molecule has 0 rings (SSSR count). The van der Waals surface area contributed by atoms with Crippen molar-refractivity contribution < 1.29 is 19.1 Å². The van der Waals surface area contributed by atoms with Crippen molar-refractivity contribution in [1.82, 2.24) is 4.90 Å². The predicted molar refractivity (Wildman–Crippen MR) is 87.5 cm³/mol. The van der Waals surface area contributed by atoms with Gasteiger partial charge in [0.25, 0.3) is 0 Å². The normalized spacial score (nSPS) is 15.2. The van der Waals surface area contributed by atoms with Crippen molar-refractivity contribution in [1.29, 1.82) is 0 Å². The molecule has 0 bridgehead atoms. The van der Waals surface area contributed by atoms with E-state index in [-0.39, 0.29) is 29.8 Å². The molecule has 0 saturated carbocycles. The smallest absolute Gasteiger partial charge is 0.310 e. The topological polar surface area (TPSA) is 55.8 Å². The predicted octanol–water partition coefficient (Wildman–Crippen LogP) is 2.88. The Labute approximate surface area is 135 Å². The van der Waals surface area contributed by atoms with Gasteiger partial charge in [0.05, 0.1) is 25.0 Å². The van der Waals surface area contributed by atoms with Gasteiger partial charge in [0.15, 0.2) is 0 Å². The molecule has 0 aliphatic rings. The van der Waals surface area contributed by atoms with Crippen LogP contribution in [0.3, 0.4) is 0 Å². The average molecular weight is 315 g/mol. The van der Waals surface area contributed by atoms with Crippen LogP contribution in [0.4, 0.5) is 0 Å². The van der Waals surface area contributed by atoms with E-state index in [4.69, 9.17) is 9.47 Å². The lowest BCUT2D eigenvalue weighted by Gasteiger charge is -2.35. The van der Waals surface area contributed by atoms with Gasteiger partial charge in [-0.05, 0) is 39.8 Å². The number of carbonyl (C=O) groups is 2. The summed E-state index contributed by atoms with van der Waals surface area (Å²) in [6.45, 7) is 8.69. The van der Waals surface area contributed by atoms with Gasteiger partial charge in [0.1, 0.15) is 0 Å². The highest BCUT2D eigenvalue weighted by molar-refractivity contribution is 5.77. The van der Waals surface area contributed by atoms with Gasteiger partial charge >= 0.3 is 11.9 Å². The number of hydrogen-bond donors (Lipinski definition) is 0. The molecule has 22 heavy (non-hydrogen) atoms. The van der Waals surface area contributed by atoms with Crippen LogP contribution in [0, 0.1) is 11.8 Å². The van der Waals surface area contributed by atoms with E-state index in [0.29, 0.717) is 26.1 Å². The lowest BCUT2D eigenvalue weighted by Crippen LogP contribution is -2.48. The zero-order valence-electron chi connectivity index (χ0n) is 15.1. The summed E-state index contributed by atoms with van der Waals surface area (Å²) in [5.74, 6) is -1.07. The Bertz CT molecular complexity index is 303. The Morgan fingerprint density at radius 2 is 1.18 bits per heavy atom. The fourth-order valence-corrected chi connectivity index (χ4v) is 2.71. The monoisotopic (exact) mass is 315 g/mol. The minimum absolute atomic E-state index is 0.205. The number of nitrogens with zero attached hydrogens (tertiary/aromatic N) is 1. The number of ether oxygens (including phenoxy) is 2. The molecule has 0 spiro atoms. The lowest BCUT2D eigenvalue weighted by molar-refractivity contribution is -0.157.